The smallest absolute Gasteiger partial charge is 0.147 e. The van der Waals surface area contributed by atoms with E-state index in [0.717, 1.165) is 17.3 Å². The molecule has 0 N–H and O–H groups in total. The fourth-order valence-electron chi connectivity index (χ4n) is 3.07. The summed E-state index contributed by atoms with van der Waals surface area (Å²) in [5, 5.41) is 0. The SMILES string of the molecule is O=C1CC2CCC(C1)N2c1c(F)cccc1Br. The van der Waals surface area contributed by atoms with Crippen LogP contribution in [-0.2, 0) is 4.79 Å². The number of carbonyl (C=O) groups is 1. The van der Waals surface area contributed by atoms with E-state index in [1.54, 1.807) is 6.07 Å². The standard InChI is InChI=1S/C13H13BrFNO/c14-11-2-1-3-12(15)13(11)16-8-4-5-9(16)7-10(17)6-8/h1-3,8-9H,4-7H2. The molecule has 2 unspecified atom stereocenters. The Bertz CT molecular complexity index is 440. The Hall–Kier alpha value is -0.900. The third kappa shape index (κ3) is 1.79. The fraction of sp³-hybridized carbons (Fsp3) is 0.462. The van der Waals surface area contributed by atoms with Crippen molar-refractivity contribution in [1.29, 1.82) is 0 Å². The van der Waals surface area contributed by atoms with Crippen LogP contribution in [0.5, 0.6) is 0 Å². The minimum Gasteiger partial charge on any atom is -0.361 e. The second kappa shape index (κ2) is 4.09. The number of hydrogen-bond donors (Lipinski definition) is 0. The van der Waals surface area contributed by atoms with Crippen LogP contribution in [0.15, 0.2) is 22.7 Å². The first-order valence-electron chi connectivity index (χ1n) is 5.91. The average Bonchev–Trinajstić information content (AvgIpc) is 2.54. The third-order valence-electron chi connectivity index (χ3n) is 3.74. The molecule has 0 aromatic heterocycles. The summed E-state index contributed by atoms with van der Waals surface area (Å²) >= 11 is 3.41. The highest BCUT2D eigenvalue weighted by Gasteiger charge is 2.41. The van der Waals surface area contributed by atoms with Crippen molar-refractivity contribution in [3.05, 3.63) is 28.5 Å². The van der Waals surface area contributed by atoms with E-state index in [0.29, 0.717) is 24.3 Å². The maximum absolute atomic E-state index is 13.9. The van der Waals surface area contributed by atoms with E-state index in [1.165, 1.54) is 6.07 Å². The number of para-hydroxylation sites is 1. The van der Waals surface area contributed by atoms with Gasteiger partial charge in [-0.3, -0.25) is 4.79 Å². The number of nitrogens with zero attached hydrogens (tertiary/aromatic N) is 1. The van der Waals surface area contributed by atoms with Crippen molar-refractivity contribution in [1.82, 2.24) is 0 Å². The summed E-state index contributed by atoms with van der Waals surface area (Å²) in [7, 11) is 0. The number of halogens is 2. The summed E-state index contributed by atoms with van der Waals surface area (Å²) in [6, 6.07) is 5.41. The van der Waals surface area contributed by atoms with Crippen LogP contribution in [0.4, 0.5) is 10.1 Å². The van der Waals surface area contributed by atoms with Crippen molar-refractivity contribution in [3.63, 3.8) is 0 Å². The number of ketones is 1. The number of Topliss-reactive ketones (excluding diaryl/α,β-unsaturated/α-hetero) is 1. The average molecular weight is 298 g/mol. The number of hydrogen-bond acceptors (Lipinski definition) is 2. The molecule has 2 saturated heterocycles. The molecule has 2 aliphatic rings. The van der Waals surface area contributed by atoms with Gasteiger partial charge >= 0.3 is 0 Å². The molecular weight excluding hydrogens is 285 g/mol. The Morgan fingerprint density at radius 1 is 1.24 bits per heavy atom. The van der Waals surface area contributed by atoms with Crippen LogP contribution in [0.1, 0.15) is 25.7 Å². The molecule has 2 heterocycles. The second-order valence-corrected chi connectivity index (χ2v) is 5.66. The summed E-state index contributed by atoms with van der Waals surface area (Å²) in [5.41, 5.74) is 0.632. The highest BCUT2D eigenvalue weighted by Crippen LogP contribution is 2.42. The molecule has 2 nitrogen and oxygen atoms in total. The normalized spacial score (nSPS) is 27.6. The highest BCUT2D eigenvalue weighted by molar-refractivity contribution is 9.10. The van der Waals surface area contributed by atoms with Crippen LogP contribution in [0.2, 0.25) is 0 Å². The minimum atomic E-state index is -0.203. The molecule has 3 rings (SSSR count). The number of benzene rings is 1. The monoisotopic (exact) mass is 297 g/mol. The van der Waals surface area contributed by atoms with Crippen molar-refractivity contribution in [2.75, 3.05) is 4.90 Å². The molecular formula is C13H13BrFNO. The van der Waals surface area contributed by atoms with Crippen LogP contribution in [-0.4, -0.2) is 17.9 Å². The van der Waals surface area contributed by atoms with E-state index in [2.05, 4.69) is 20.8 Å². The number of rotatable bonds is 1. The van der Waals surface area contributed by atoms with Gasteiger partial charge in [0, 0.05) is 29.4 Å². The first kappa shape index (κ1) is 11.2. The van der Waals surface area contributed by atoms with Gasteiger partial charge in [-0.25, -0.2) is 4.39 Å². The minimum absolute atomic E-state index is 0.189. The summed E-state index contributed by atoms with van der Waals surface area (Å²) in [6.07, 6.45) is 3.13. The van der Waals surface area contributed by atoms with Gasteiger partial charge in [0.2, 0.25) is 0 Å². The molecule has 0 saturated carbocycles. The second-order valence-electron chi connectivity index (χ2n) is 4.81. The van der Waals surface area contributed by atoms with Gasteiger partial charge in [-0.1, -0.05) is 6.07 Å². The molecule has 0 spiro atoms. The summed E-state index contributed by atoms with van der Waals surface area (Å²) < 4.78 is 14.7. The number of carbonyl (C=O) groups excluding carboxylic acids is 1. The number of piperidine rings is 1. The molecule has 90 valence electrons. The van der Waals surface area contributed by atoms with Gasteiger partial charge in [0.25, 0.3) is 0 Å². The predicted molar refractivity (Wildman–Crippen MR) is 67.6 cm³/mol. The molecule has 0 amide bonds. The molecule has 1 aromatic carbocycles. The van der Waals surface area contributed by atoms with Gasteiger partial charge in [0.05, 0.1) is 5.69 Å². The number of fused-ring (bicyclic) bond motifs is 2. The van der Waals surface area contributed by atoms with E-state index in [9.17, 15) is 9.18 Å². The van der Waals surface area contributed by atoms with Gasteiger partial charge < -0.3 is 4.90 Å². The molecule has 0 radical (unpaired) electrons. The van der Waals surface area contributed by atoms with Crippen molar-refractivity contribution >= 4 is 27.4 Å². The summed E-state index contributed by atoms with van der Waals surface area (Å²) in [4.78, 5) is 13.7. The fourth-order valence-corrected chi connectivity index (χ4v) is 3.62. The van der Waals surface area contributed by atoms with E-state index in [1.807, 2.05) is 6.07 Å². The Morgan fingerprint density at radius 3 is 2.47 bits per heavy atom. The lowest BCUT2D eigenvalue weighted by molar-refractivity contribution is -0.120. The first-order chi connectivity index (χ1) is 8.16. The van der Waals surface area contributed by atoms with Gasteiger partial charge in [-0.15, -0.1) is 0 Å². The van der Waals surface area contributed by atoms with Gasteiger partial charge in [0.15, 0.2) is 0 Å². The van der Waals surface area contributed by atoms with Crippen LogP contribution in [0.25, 0.3) is 0 Å². The van der Waals surface area contributed by atoms with Gasteiger partial charge in [-0.2, -0.15) is 0 Å². The van der Waals surface area contributed by atoms with Crippen LogP contribution in [0.3, 0.4) is 0 Å². The Kier molecular flexibility index (Phi) is 2.69. The molecule has 1 aromatic rings. The van der Waals surface area contributed by atoms with Crippen molar-refractivity contribution < 1.29 is 9.18 Å². The summed E-state index contributed by atoms with van der Waals surface area (Å²) in [6.45, 7) is 0. The Labute approximate surface area is 108 Å². The summed E-state index contributed by atoms with van der Waals surface area (Å²) in [5.74, 6) is 0.117. The van der Waals surface area contributed by atoms with Gasteiger partial charge in [-0.05, 0) is 40.9 Å². The topological polar surface area (TPSA) is 20.3 Å². The lowest BCUT2D eigenvalue weighted by Gasteiger charge is -2.36. The zero-order chi connectivity index (χ0) is 12.0. The molecule has 2 aliphatic heterocycles. The van der Waals surface area contributed by atoms with Crippen molar-refractivity contribution in [2.45, 2.75) is 37.8 Å². The van der Waals surface area contributed by atoms with Crippen molar-refractivity contribution in [2.24, 2.45) is 0 Å². The highest BCUT2D eigenvalue weighted by atomic mass is 79.9. The van der Waals surface area contributed by atoms with E-state index < -0.39 is 0 Å². The Balaban J connectivity index is 2.03. The zero-order valence-electron chi connectivity index (χ0n) is 9.33. The zero-order valence-corrected chi connectivity index (χ0v) is 10.9. The van der Waals surface area contributed by atoms with E-state index >= 15 is 0 Å². The molecule has 2 bridgehead atoms. The molecule has 2 atom stereocenters. The maximum Gasteiger partial charge on any atom is 0.147 e. The molecule has 2 fully saturated rings. The Morgan fingerprint density at radius 2 is 1.88 bits per heavy atom. The lowest BCUT2D eigenvalue weighted by atomic mass is 10.0. The van der Waals surface area contributed by atoms with Crippen molar-refractivity contribution in [3.8, 4) is 0 Å². The van der Waals surface area contributed by atoms with Crippen LogP contribution >= 0.6 is 15.9 Å². The van der Waals surface area contributed by atoms with E-state index in [4.69, 9.17) is 0 Å². The van der Waals surface area contributed by atoms with Crippen LogP contribution in [0, 0.1) is 5.82 Å². The third-order valence-corrected chi connectivity index (χ3v) is 4.38. The predicted octanol–water partition coefficient (Wildman–Crippen LogP) is 3.29. The largest absolute Gasteiger partial charge is 0.361 e. The molecule has 17 heavy (non-hydrogen) atoms. The lowest BCUT2D eigenvalue weighted by Crippen LogP contribution is -2.43. The maximum atomic E-state index is 13.9. The number of anilines is 1. The van der Waals surface area contributed by atoms with E-state index in [-0.39, 0.29) is 17.9 Å². The quantitative estimate of drug-likeness (QED) is 0.793. The van der Waals surface area contributed by atoms with Gasteiger partial charge in [0.1, 0.15) is 11.6 Å². The van der Waals surface area contributed by atoms with Crippen LogP contribution < -0.4 is 4.90 Å². The first-order valence-corrected chi connectivity index (χ1v) is 6.70. The molecule has 4 heteroatoms. The molecule has 0 aliphatic carbocycles.